The minimum atomic E-state index is -4.69. The number of hydrogen-bond acceptors (Lipinski definition) is 9. The number of nitrogens with zero attached hydrogens (tertiary/aromatic N) is 7. The van der Waals surface area contributed by atoms with Gasteiger partial charge in [0.05, 0.1) is 23.3 Å². The first kappa shape index (κ1) is 25.8. The van der Waals surface area contributed by atoms with E-state index in [0.717, 1.165) is 4.88 Å². The zero-order chi connectivity index (χ0) is 24.4. The molecule has 0 fully saturated rings. The topological polar surface area (TPSA) is 93.7 Å². The lowest BCUT2D eigenvalue weighted by Gasteiger charge is -2.28. The van der Waals surface area contributed by atoms with E-state index in [9.17, 15) is 13.2 Å². The van der Waals surface area contributed by atoms with Gasteiger partial charge >= 0.3 is 12.1 Å². The predicted molar refractivity (Wildman–Crippen MR) is 120 cm³/mol. The van der Waals surface area contributed by atoms with E-state index in [1.807, 2.05) is 39.5 Å². The Labute approximate surface area is 193 Å². The Hall–Kier alpha value is -3.41. The molecule has 4 rings (SSSR count). The molecule has 0 bridgehead atoms. The molecule has 0 aromatic carbocycles. The fraction of sp³-hybridized carbons (Fsp3) is 0.333. The summed E-state index contributed by atoms with van der Waals surface area (Å²) >= 11 is 1.25. The van der Waals surface area contributed by atoms with Crippen LogP contribution in [0, 0.1) is 0 Å². The van der Waals surface area contributed by atoms with Crippen molar-refractivity contribution in [2.75, 3.05) is 4.90 Å². The summed E-state index contributed by atoms with van der Waals surface area (Å²) in [5.41, 5.74) is 0. The second-order valence-electron chi connectivity index (χ2n) is 5.80. The lowest BCUT2D eigenvalue weighted by molar-refractivity contribution is -0.159. The Kier molecular flexibility index (Phi) is 9.40. The standard InChI is InChI=1S/C17H12F3N7OS.2C2H6/c1-10(27(13-8-21-4-6-23-13)14-9-22-5-7-24-14)11-2-3-12(29-11)15-25-16(28-26-15)17(18,19)20;2*1-2/h2-10H,1H3;2*1-2H3. The second kappa shape index (κ2) is 12.0. The first-order valence-corrected chi connectivity index (χ1v) is 11.1. The van der Waals surface area contributed by atoms with E-state index < -0.39 is 12.1 Å². The van der Waals surface area contributed by atoms with E-state index in [4.69, 9.17) is 0 Å². The van der Waals surface area contributed by atoms with Crippen molar-refractivity contribution in [1.82, 2.24) is 30.1 Å². The summed E-state index contributed by atoms with van der Waals surface area (Å²) < 4.78 is 42.4. The van der Waals surface area contributed by atoms with Crippen LogP contribution in [-0.4, -0.2) is 30.1 Å². The van der Waals surface area contributed by atoms with Crippen molar-refractivity contribution in [3.63, 3.8) is 0 Å². The summed E-state index contributed by atoms with van der Waals surface area (Å²) in [7, 11) is 0. The van der Waals surface area contributed by atoms with Gasteiger partial charge in [-0.3, -0.25) is 9.97 Å². The molecule has 0 saturated carbocycles. The van der Waals surface area contributed by atoms with Crippen LogP contribution in [0.1, 0.15) is 51.4 Å². The summed E-state index contributed by atoms with van der Waals surface area (Å²) in [5, 5.41) is 3.43. The van der Waals surface area contributed by atoms with Crippen LogP contribution in [0.2, 0.25) is 0 Å². The third-order valence-corrected chi connectivity index (χ3v) is 5.16. The first-order valence-electron chi connectivity index (χ1n) is 10.3. The van der Waals surface area contributed by atoms with Crippen LogP contribution in [0.15, 0.2) is 53.8 Å². The fourth-order valence-corrected chi connectivity index (χ4v) is 3.59. The van der Waals surface area contributed by atoms with Crippen LogP contribution in [0.3, 0.4) is 0 Å². The van der Waals surface area contributed by atoms with Crippen molar-refractivity contribution < 1.29 is 17.7 Å². The molecule has 4 heterocycles. The zero-order valence-electron chi connectivity index (χ0n) is 18.8. The van der Waals surface area contributed by atoms with Gasteiger partial charge in [0.1, 0.15) is 0 Å². The van der Waals surface area contributed by atoms with Crippen LogP contribution in [-0.2, 0) is 6.18 Å². The van der Waals surface area contributed by atoms with Crippen LogP contribution in [0.25, 0.3) is 10.7 Å². The number of aromatic nitrogens is 6. The van der Waals surface area contributed by atoms with E-state index in [-0.39, 0.29) is 11.9 Å². The van der Waals surface area contributed by atoms with Crippen molar-refractivity contribution >= 4 is 23.0 Å². The Balaban J connectivity index is 0.000000914. The highest BCUT2D eigenvalue weighted by molar-refractivity contribution is 7.15. The van der Waals surface area contributed by atoms with Gasteiger partial charge in [0.25, 0.3) is 0 Å². The van der Waals surface area contributed by atoms with Gasteiger partial charge < -0.3 is 9.42 Å². The highest BCUT2D eigenvalue weighted by Gasteiger charge is 2.38. The van der Waals surface area contributed by atoms with Crippen molar-refractivity contribution in [2.45, 2.75) is 46.8 Å². The van der Waals surface area contributed by atoms with E-state index in [1.54, 1.807) is 49.3 Å². The molecule has 0 saturated heterocycles. The molecule has 176 valence electrons. The molecular weight excluding hydrogens is 455 g/mol. The Morgan fingerprint density at radius 1 is 0.909 bits per heavy atom. The van der Waals surface area contributed by atoms with Crippen molar-refractivity contribution in [2.24, 2.45) is 0 Å². The van der Waals surface area contributed by atoms with Crippen molar-refractivity contribution in [3.05, 3.63) is 60.1 Å². The summed E-state index contributed by atoms with van der Waals surface area (Å²) in [6, 6.07) is 3.16. The molecule has 0 amide bonds. The molecule has 33 heavy (non-hydrogen) atoms. The average molecular weight is 480 g/mol. The van der Waals surface area contributed by atoms with Gasteiger partial charge in [0, 0.05) is 29.7 Å². The quantitative estimate of drug-likeness (QED) is 0.327. The molecule has 0 aliphatic heterocycles. The van der Waals surface area contributed by atoms with Gasteiger partial charge in [0.15, 0.2) is 11.6 Å². The van der Waals surface area contributed by atoms with Crippen molar-refractivity contribution in [3.8, 4) is 10.7 Å². The van der Waals surface area contributed by atoms with Gasteiger partial charge in [0.2, 0.25) is 5.82 Å². The largest absolute Gasteiger partial charge is 0.471 e. The Morgan fingerprint density at radius 2 is 1.48 bits per heavy atom. The number of alkyl halides is 3. The van der Waals surface area contributed by atoms with Gasteiger partial charge in [-0.1, -0.05) is 32.9 Å². The van der Waals surface area contributed by atoms with Crippen molar-refractivity contribution in [1.29, 1.82) is 0 Å². The third-order valence-electron chi connectivity index (χ3n) is 3.91. The fourth-order valence-electron chi connectivity index (χ4n) is 2.61. The van der Waals surface area contributed by atoms with Gasteiger partial charge in [-0.15, -0.1) is 11.3 Å². The molecule has 8 nitrogen and oxygen atoms in total. The highest BCUT2D eigenvalue weighted by Crippen LogP contribution is 2.38. The molecule has 4 aromatic heterocycles. The minimum Gasteiger partial charge on any atom is -0.329 e. The lowest BCUT2D eigenvalue weighted by Crippen LogP contribution is -2.23. The van der Waals surface area contributed by atoms with Gasteiger partial charge in [-0.2, -0.15) is 18.2 Å². The number of rotatable bonds is 5. The Bertz CT molecular complexity index is 1050. The lowest BCUT2D eigenvalue weighted by atomic mass is 10.2. The maximum Gasteiger partial charge on any atom is 0.471 e. The highest BCUT2D eigenvalue weighted by atomic mass is 32.1. The monoisotopic (exact) mass is 479 g/mol. The van der Waals surface area contributed by atoms with E-state index >= 15 is 0 Å². The molecule has 0 radical (unpaired) electrons. The molecule has 12 heteroatoms. The molecule has 0 N–H and O–H groups in total. The summed E-state index contributed by atoms with van der Waals surface area (Å²) in [4.78, 5) is 23.4. The summed E-state index contributed by atoms with van der Waals surface area (Å²) in [5.74, 6) is -0.397. The summed E-state index contributed by atoms with van der Waals surface area (Å²) in [6.07, 6.45) is 4.73. The summed E-state index contributed by atoms with van der Waals surface area (Å²) in [6.45, 7) is 9.91. The molecule has 1 atom stereocenters. The molecule has 1 unspecified atom stereocenters. The van der Waals surface area contributed by atoms with Crippen LogP contribution in [0.4, 0.5) is 24.8 Å². The number of thiophene rings is 1. The second-order valence-corrected chi connectivity index (χ2v) is 6.91. The number of anilines is 2. The molecule has 0 spiro atoms. The zero-order valence-corrected chi connectivity index (χ0v) is 19.6. The van der Waals surface area contributed by atoms with E-state index in [2.05, 4.69) is 34.6 Å². The molecular formula is C21H24F3N7OS. The number of halogens is 3. The minimum absolute atomic E-state index is 0.119. The maximum absolute atomic E-state index is 12.7. The van der Waals surface area contributed by atoms with Gasteiger partial charge in [-0.25, -0.2) is 9.97 Å². The average Bonchev–Trinajstić information content (AvgIpc) is 3.53. The molecule has 0 aliphatic carbocycles. The van der Waals surface area contributed by atoms with Gasteiger partial charge in [-0.05, 0) is 19.1 Å². The first-order chi connectivity index (χ1) is 15.9. The van der Waals surface area contributed by atoms with E-state index in [0.29, 0.717) is 16.5 Å². The smallest absolute Gasteiger partial charge is 0.329 e. The molecule has 0 aliphatic rings. The normalized spacial score (nSPS) is 11.5. The number of hydrogen-bond donors (Lipinski definition) is 0. The van der Waals surface area contributed by atoms with Crippen LogP contribution in [0.5, 0.6) is 0 Å². The SMILES string of the molecule is CC.CC.CC(c1ccc(-c2noc(C(F)(F)F)n2)s1)N(c1cnccn1)c1cnccn1. The Morgan fingerprint density at radius 3 is 1.94 bits per heavy atom. The molecule has 4 aromatic rings. The van der Waals surface area contributed by atoms with Crippen LogP contribution >= 0.6 is 11.3 Å². The predicted octanol–water partition coefficient (Wildman–Crippen LogP) is 6.35. The third kappa shape index (κ3) is 6.31. The van der Waals surface area contributed by atoms with E-state index in [1.165, 1.54) is 11.3 Å². The van der Waals surface area contributed by atoms with Crippen LogP contribution < -0.4 is 4.90 Å². The maximum atomic E-state index is 12.7.